The van der Waals surface area contributed by atoms with Crippen LogP contribution in [-0.4, -0.2) is 4.98 Å². The maximum Gasteiger partial charge on any atom is 0.120 e. The van der Waals surface area contributed by atoms with E-state index in [0.717, 1.165) is 46.3 Å². The Kier molecular flexibility index (Phi) is 4.24. The lowest BCUT2D eigenvalue weighted by atomic mass is 10.0. The number of benzene rings is 2. The number of nitrogens with two attached hydrogens (primary N) is 1. The molecular formula is C19H20N2O. The Hall–Kier alpha value is -2.55. The molecule has 0 bridgehead atoms. The van der Waals surface area contributed by atoms with Gasteiger partial charge in [0.2, 0.25) is 0 Å². The van der Waals surface area contributed by atoms with E-state index in [-0.39, 0.29) is 0 Å². The van der Waals surface area contributed by atoms with Crippen molar-refractivity contribution in [3.63, 3.8) is 0 Å². The summed E-state index contributed by atoms with van der Waals surface area (Å²) in [5, 5.41) is 1.09. The standard InChI is InChI=1S/C19H20N2O/c1-2-6-16-17-11-15(9-10-19(17)21-12-18(16)20)22-13-14-7-4-3-5-8-14/h3-5,7-12H,2,6,13,20H2,1H3. The largest absolute Gasteiger partial charge is 0.489 e. The smallest absolute Gasteiger partial charge is 0.120 e. The zero-order chi connectivity index (χ0) is 15.4. The topological polar surface area (TPSA) is 48.1 Å². The van der Waals surface area contributed by atoms with Gasteiger partial charge in [0.25, 0.3) is 0 Å². The second kappa shape index (κ2) is 6.48. The second-order valence-electron chi connectivity index (χ2n) is 5.40. The van der Waals surface area contributed by atoms with Gasteiger partial charge < -0.3 is 10.5 Å². The molecule has 0 radical (unpaired) electrons. The van der Waals surface area contributed by atoms with Crippen LogP contribution in [0.4, 0.5) is 5.69 Å². The van der Waals surface area contributed by atoms with Crippen molar-refractivity contribution in [2.75, 3.05) is 5.73 Å². The molecule has 0 aliphatic heterocycles. The van der Waals surface area contributed by atoms with Crippen molar-refractivity contribution in [3.05, 3.63) is 65.9 Å². The maximum absolute atomic E-state index is 6.08. The van der Waals surface area contributed by atoms with Gasteiger partial charge in [0.1, 0.15) is 12.4 Å². The second-order valence-corrected chi connectivity index (χ2v) is 5.40. The van der Waals surface area contributed by atoms with Crippen molar-refractivity contribution in [2.45, 2.75) is 26.4 Å². The fourth-order valence-electron chi connectivity index (χ4n) is 2.60. The van der Waals surface area contributed by atoms with E-state index in [0.29, 0.717) is 6.61 Å². The van der Waals surface area contributed by atoms with Crippen LogP contribution in [-0.2, 0) is 13.0 Å². The third-order valence-corrected chi connectivity index (χ3v) is 3.73. The summed E-state index contributed by atoms with van der Waals surface area (Å²) in [4.78, 5) is 4.40. The van der Waals surface area contributed by atoms with E-state index in [4.69, 9.17) is 10.5 Å². The first-order chi connectivity index (χ1) is 10.8. The molecule has 0 atom stereocenters. The number of nitrogens with zero attached hydrogens (tertiary/aromatic N) is 1. The van der Waals surface area contributed by atoms with Crippen LogP contribution in [0.2, 0.25) is 0 Å². The number of aromatic nitrogens is 1. The van der Waals surface area contributed by atoms with Crippen LogP contribution in [0, 0.1) is 0 Å². The molecule has 0 spiro atoms. The molecule has 0 saturated heterocycles. The Morgan fingerprint density at radius 3 is 2.68 bits per heavy atom. The Bertz CT molecular complexity index is 769. The molecular weight excluding hydrogens is 272 g/mol. The fraction of sp³-hybridized carbons (Fsp3) is 0.211. The van der Waals surface area contributed by atoms with Crippen molar-refractivity contribution >= 4 is 16.6 Å². The van der Waals surface area contributed by atoms with Crippen LogP contribution in [0.1, 0.15) is 24.5 Å². The number of ether oxygens (including phenoxy) is 1. The van der Waals surface area contributed by atoms with E-state index in [9.17, 15) is 0 Å². The zero-order valence-electron chi connectivity index (χ0n) is 12.8. The SMILES string of the molecule is CCCc1c(N)cnc2ccc(OCc3ccccc3)cc12. The van der Waals surface area contributed by atoms with Gasteiger partial charge in [0, 0.05) is 5.39 Å². The number of rotatable bonds is 5. The predicted molar refractivity (Wildman–Crippen MR) is 90.9 cm³/mol. The van der Waals surface area contributed by atoms with Crippen molar-refractivity contribution in [3.8, 4) is 5.75 Å². The third kappa shape index (κ3) is 3.03. The minimum absolute atomic E-state index is 0.561. The van der Waals surface area contributed by atoms with E-state index >= 15 is 0 Å². The monoisotopic (exact) mass is 292 g/mol. The summed E-state index contributed by atoms with van der Waals surface area (Å²) in [6.07, 6.45) is 3.75. The highest BCUT2D eigenvalue weighted by molar-refractivity contribution is 5.87. The first-order valence-corrected chi connectivity index (χ1v) is 7.61. The molecule has 2 aromatic carbocycles. The van der Waals surface area contributed by atoms with Gasteiger partial charge in [-0.3, -0.25) is 4.98 Å². The molecule has 0 unspecified atom stereocenters. The lowest BCUT2D eigenvalue weighted by Crippen LogP contribution is -1.99. The summed E-state index contributed by atoms with van der Waals surface area (Å²) in [5.41, 5.74) is 10.1. The number of hydrogen-bond donors (Lipinski definition) is 1. The van der Waals surface area contributed by atoms with Crippen LogP contribution in [0.25, 0.3) is 10.9 Å². The molecule has 3 nitrogen and oxygen atoms in total. The molecule has 0 fully saturated rings. The average molecular weight is 292 g/mol. The van der Waals surface area contributed by atoms with Crippen molar-refractivity contribution in [1.29, 1.82) is 0 Å². The van der Waals surface area contributed by atoms with E-state index in [1.807, 2.05) is 36.4 Å². The Morgan fingerprint density at radius 1 is 1.09 bits per heavy atom. The number of pyridine rings is 1. The molecule has 0 aliphatic rings. The van der Waals surface area contributed by atoms with Gasteiger partial charge >= 0.3 is 0 Å². The fourth-order valence-corrected chi connectivity index (χ4v) is 2.60. The molecule has 2 N–H and O–H groups in total. The summed E-state index contributed by atoms with van der Waals surface area (Å²) in [5.74, 6) is 0.848. The van der Waals surface area contributed by atoms with Crippen LogP contribution >= 0.6 is 0 Å². The van der Waals surface area contributed by atoms with Gasteiger partial charge in [-0.2, -0.15) is 0 Å². The number of nitrogen functional groups attached to an aromatic ring is 1. The van der Waals surface area contributed by atoms with Crippen LogP contribution in [0.3, 0.4) is 0 Å². The predicted octanol–water partition coefficient (Wildman–Crippen LogP) is 4.35. The minimum atomic E-state index is 0.561. The van der Waals surface area contributed by atoms with E-state index in [1.165, 1.54) is 0 Å². The highest BCUT2D eigenvalue weighted by atomic mass is 16.5. The Morgan fingerprint density at radius 2 is 1.91 bits per heavy atom. The van der Waals surface area contributed by atoms with E-state index < -0.39 is 0 Å². The molecule has 3 aromatic rings. The molecule has 1 heterocycles. The first-order valence-electron chi connectivity index (χ1n) is 7.61. The van der Waals surface area contributed by atoms with Crippen molar-refractivity contribution in [2.24, 2.45) is 0 Å². The summed E-state index contributed by atoms with van der Waals surface area (Å²) >= 11 is 0. The Labute approximate surface area is 130 Å². The molecule has 112 valence electrons. The van der Waals surface area contributed by atoms with Gasteiger partial charge in [-0.1, -0.05) is 43.7 Å². The van der Waals surface area contributed by atoms with Gasteiger partial charge in [-0.25, -0.2) is 0 Å². The summed E-state index contributed by atoms with van der Waals surface area (Å²) < 4.78 is 5.90. The molecule has 0 aliphatic carbocycles. The van der Waals surface area contributed by atoms with E-state index in [2.05, 4.69) is 24.0 Å². The Balaban J connectivity index is 1.89. The molecule has 3 heteroatoms. The van der Waals surface area contributed by atoms with E-state index in [1.54, 1.807) is 6.20 Å². The molecule has 22 heavy (non-hydrogen) atoms. The number of anilines is 1. The summed E-state index contributed by atoms with van der Waals surface area (Å²) in [6.45, 7) is 2.71. The lowest BCUT2D eigenvalue weighted by Gasteiger charge is -2.11. The van der Waals surface area contributed by atoms with Gasteiger partial charge in [-0.05, 0) is 35.7 Å². The average Bonchev–Trinajstić information content (AvgIpc) is 2.56. The molecule has 0 amide bonds. The number of fused-ring (bicyclic) bond motifs is 1. The maximum atomic E-state index is 6.08. The van der Waals surface area contributed by atoms with Gasteiger partial charge in [-0.15, -0.1) is 0 Å². The van der Waals surface area contributed by atoms with Crippen molar-refractivity contribution in [1.82, 2.24) is 4.98 Å². The highest BCUT2D eigenvalue weighted by Crippen LogP contribution is 2.27. The third-order valence-electron chi connectivity index (χ3n) is 3.73. The van der Waals surface area contributed by atoms with Crippen molar-refractivity contribution < 1.29 is 4.74 Å². The lowest BCUT2D eigenvalue weighted by molar-refractivity contribution is 0.306. The van der Waals surface area contributed by atoms with Gasteiger partial charge in [0.05, 0.1) is 17.4 Å². The number of aryl methyl sites for hydroxylation is 1. The van der Waals surface area contributed by atoms with Crippen LogP contribution < -0.4 is 10.5 Å². The molecule has 1 aromatic heterocycles. The minimum Gasteiger partial charge on any atom is -0.489 e. The highest BCUT2D eigenvalue weighted by Gasteiger charge is 2.07. The zero-order valence-corrected chi connectivity index (χ0v) is 12.8. The quantitative estimate of drug-likeness (QED) is 0.760. The number of hydrogen-bond acceptors (Lipinski definition) is 3. The van der Waals surface area contributed by atoms with Gasteiger partial charge in [0.15, 0.2) is 0 Å². The summed E-state index contributed by atoms with van der Waals surface area (Å²) in [6, 6.07) is 16.2. The van der Waals surface area contributed by atoms with Crippen LogP contribution in [0.5, 0.6) is 5.75 Å². The summed E-state index contributed by atoms with van der Waals surface area (Å²) in [7, 11) is 0. The molecule has 3 rings (SSSR count). The normalized spacial score (nSPS) is 10.8. The van der Waals surface area contributed by atoms with Crippen LogP contribution in [0.15, 0.2) is 54.7 Å². The molecule has 0 saturated carbocycles. The first kappa shape index (κ1) is 14.4.